The van der Waals surface area contributed by atoms with Crippen LogP contribution in [0.25, 0.3) is 0 Å². The van der Waals surface area contributed by atoms with Gasteiger partial charge in [-0.1, -0.05) is 57.2 Å². The van der Waals surface area contributed by atoms with Gasteiger partial charge in [0.05, 0.1) is 20.8 Å². The maximum absolute atomic E-state index is 12.1. The Hall–Kier alpha value is -2.69. The molecule has 1 saturated heterocycles. The number of aryl methyl sites for hydroxylation is 1. The Labute approximate surface area is 192 Å². The van der Waals surface area contributed by atoms with E-state index in [1.807, 2.05) is 6.07 Å². The van der Waals surface area contributed by atoms with Crippen LogP contribution in [0.4, 0.5) is 4.79 Å². The van der Waals surface area contributed by atoms with Gasteiger partial charge >= 0.3 is 6.09 Å². The molecule has 1 heterocycles. The zero-order valence-electron chi connectivity index (χ0n) is 20.1. The van der Waals surface area contributed by atoms with Gasteiger partial charge in [0.15, 0.2) is 11.5 Å². The van der Waals surface area contributed by atoms with Gasteiger partial charge in [0, 0.05) is 19.0 Å². The number of methoxy groups -OCH3 is 2. The molecule has 2 aromatic carbocycles. The number of hydrogen-bond donors (Lipinski definition) is 0. The van der Waals surface area contributed by atoms with Crippen molar-refractivity contribution < 1.29 is 19.0 Å². The fraction of sp³-hybridized carbons (Fsp3) is 0.519. The van der Waals surface area contributed by atoms with Crippen LogP contribution in [-0.4, -0.2) is 44.9 Å². The summed E-state index contributed by atoms with van der Waals surface area (Å²) in [6.07, 6.45) is 2.96. The summed E-state index contributed by atoms with van der Waals surface area (Å²) < 4.78 is 16.7. The Bertz CT molecular complexity index is 880. The van der Waals surface area contributed by atoms with Gasteiger partial charge in [-0.05, 0) is 53.9 Å². The number of carbonyl (C=O) groups is 1. The fourth-order valence-electron chi connectivity index (χ4n) is 4.55. The largest absolute Gasteiger partial charge is 0.493 e. The topological polar surface area (TPSA) is 48.0 Å². The number of hydrogen-bond acceptors (Lipinski definition) is 4. The molecule has 5 heteroatoms. The number of amides is 1. The molecule has 2 aromatic rings. The van der Waals surface area contributed by atoms with Crippen LogP contribution in [0.15, 0.2) is 48.5 Å². The second kappa shape index (κ2) is 10.8. The highest BCUT2D eigenvalue weighted by molar-refractivity contribution is 5.68. The van der Waals surface area contributed by atoms with Crippen molar-refractivity contribution in [3.8, 4) is 11.5 Å². The van der Waals surface area contributed by atoms with Gasteiger partial charge in [0.25, 0.3) is 0 Å². The highest BCUT2D eigenvalue weighted by atomic mass is 16.5. The number of likely N-dealkylation sites (tertiary alicyclic amines) is 1. The molecule has 2 atom stereocenters. The predicted molar refractivity (Wildman–Crippen MR) is 128 cm³/mol. The Morgan fingerprint density at radius 1 is 1.09 bits per heavy atom. The number of rotatable bonds is 9. The number of benzene rings is 2. The van der Waals surface area contributed by atoms with Crippen LogP contribution >= 0.6 is 0 Å². The SMILES string of the molecule is COC(=O)N1C[C@@H](c2ccc(OC)c(OCCC(C)CCc3ccccc3)c2)C(C)(C)C1. The first kappa shape index (κ1) is 24.0. The summed E-state index contributed by atoms with van der Waals surface area (Å²) in [6, 6.07) is 16.8. The lowest BCUT2D eigenvalue weighted by Gasteiger charge is -2.26. The quantitative estimate of drug-likeness (QED) is 0.486. The molecule has 0 radical (unpaired) electrons. The molecule has 0 bridgehead atoms. The first-order valence-electron chi connectivity index (χ1n) is 11.5. The van der Waals surface area contributed by atoms with Crippen molar-refractivity contribution in [1.29, 1.82) is 0 Å². The lowest BCUT2D eigenvalue weighted by molar-refractivity contribution is 0.129. The molecule has 1 aliphatic heterocycles. The first-order valence-corrected chi connectivity index (χ1v) is 11.5. The Kier molecular flexibility index (Phi) is 8.05. The Morgan fingerprint density at radius 3 is 2.53 bits per heavy atom. The van der Waals surface area contributed by atoms with Crippen molar-refractivity contribution in [2.24, 2.45) is 11.3 Å². The third kappa shape index (κ3) is 5.96. The lowest BCUT2D eigenvalue weighted by atomic mass is 9.78. The maximum Gasteiger partial charge on any atom is 0.409 e. The minimum atomic E-state index is -0.268. The Morgan fingerprint density at radius 2 is 1.84 bits per heavy atom. The van der Waals surface area contributed by atoms with Crippen molar-refractivity contribution >= 4 is 6.09 Å². The molecule has 0 N–H and O–H groups in total. The van der Waals surface area contributed by atoms with E-state index in [1.54, 1.807) is 12.0 Å². The van der Waals surface area contributed by atoms with Gasteiger partial charge < -0.3 is 19.1 Å². The molecule has 0 aliphatic carbocycles. The van der Waals surface area contributed by atoms with Crippen LogP contribution in [0.2, 0.25) is 0 Å². The standard InChI is InChI=1S/C27H37NO4/c1-20(11-12-21-9-7-6-8-10-21)15-16-32-25-17-22(13-14-24(25)30-4)23-18-28(26(29)31-5)19-27(23,2)3/h6-10,13-14,17,20,23H,11-12,15-16,18-19H2,1-5H3/t20?,23-/m0/s1. The van der Waals surface area contributed by atoms with E-state index >= 15 is 0 Å². The molecule has 1 aliphatic rings. The third-order valence-corrected chi connectivity index (χ3v) is 6.60. The second-order valence-corrected chi connectivity index (χ2v) is 9.57. The summed E-state index contributed by atoms with van der Waals surface area (Å²) >= 11 is 0. The van der Waals surface area contributed by atoms with Crippen LogP contribution in [0.1, 0.15) is 50.7 Å². The van der Waals surface area contributed by atoms with E-state index in [4.69, 9.17) is 14.2 Å². The van der Waals surface area contributed by atoms with E-state index < -0.39 is 0 Å². The summed E-state index contributed by atoms with van der Waals surface area (Å²) in [7, 11) is 3.10. The fourth-order valence-corrected chi connectivity index (χ4v) is 4.55. The van der Waals surface area contributed by atoms with E-state index in [2.05, 4.69) is 63.2 Å². The number of ether oxygens (including phenoxy) is 3. The summed E-state index contributed by atoms with van der Waals surface area (Å²) in [5.41, 5.74) is 2.50. The molecule has 0 aromatic heterocycles. The van der Waals surface area contributed by atoms with Crippen molar-refractivity contribution in [3.05, 3.63) is 59.7 Å². The molecular formula is C27H37NO4. The molecule has 1 amide bonds. The van der Waals surface area contributed by atoms with Crippen LogP contribution in [0.5, 0.6) is 11.5 Å². The first-order chi connectivity index (χ1) is 15.3. The minimum Gasteiger partial charge on any atom is -0.493 e. The van der Waals surface area contributed by atoms with Gasteiger partial charge in [0.2, 0.25) is 0 Å². The molecule has 32 heavy (non-hydrogen) atoms. The summed E-state index contributed by atoms with van der Waals surface area (Å²) in [6.45, 7) is 8.63. The molecular weight excluding hydrogens is 402 g/mol. The van der Waals surface area contributed by atoms with E-state index in [9.17, 15) is 4.79 Å². The van der Waals surface area contributed by atoms with E-state index in [0.717, 1.165) is 36.3 Å². The molecule has 1 fully saturated rings. The molecule has 1 unspecified atom stereocenters. The van der Waals surface area contributed by atoms with Crippen molar-refractivity contribution in [2.45, 2.75) is 46.0 Å². The summed E-state index contributed by atoms with van der Waals surface area (Å²) in [5.74, 6) is 2.30. The van der Waals surface area contributed by atoms with Crippen molar-refractivity contribution in [3.63, 3.8) is 0 Å². The zero-order chi connectivity index (χ0) is 23.1. The van der Waals surface area contributed by atoms with E-state index in [0.29, 0.717) is 25.6 Å². The van der Waals surface area contributed by atoms with E-state index in [1.165, 1.54) is 12.7 Å². The number of nitrogens with zero attached hydrogens (tertiary/aromatic N) is 1. The minimum absolute atomic E-state index is 0.0496. The Balaban J connectivity index is 1.60. The van der Waals surface area contributed by atoms with Gasteiger partial charge in [0.1, 0.15) is 0 Å². The smallest absolute Gasteiger partial charge is 0.409 e. The van der Waals surface area contributed by atoms with Crippen LogP contribution in [0.3, 0.4) is 0 Å². The molecule has 0 saturated carbocycles. The van der Waals surface area contributed by atoms with Gasteiger partial charge in [-0.3, -0.25) is 0 Å². The highest BCUT2D eigenvalue weighted by Gasteiger charge is 2.42. The average Bonchev–Trinajstić information content (AvgIpc) is 3.12. The molecule has 3 rings (SSSR count). The number of carbonyl (C=O) groups excluding carboxylic acids is 1. The van der Waals surface area contributed by atoms with E-state index in [-0.39, 0.29) is 17.4 Å². The van der Waals surface area contributed by atoms with Gasteiger partial charge in [-0.2, -0.15) is 0 Å². The van der Waals surface area contributed by atoms with Crippen molar-refractivity contribution in [2.75, 3.05) is 33.9 Å². The average molecular weight is 440 g/mol. The van der Waals surface area contributed by atoms with Crippen LogP contribution in [-0.2, 0) is 11.2 Å². The zero-order valence-corrected chi connectivity index (χ0v) is 20.1. The second-order valence-electron chi connectivity index (χ2n) is 9.57. The molecule has 0 spiro atoms. The molecule has 5 nitrogen and oxygen atoms in total. The summed E-state index contributed by atoms with van der Waals surface area (Å²) in [5, 5.41) is 0. The predicted octanol–water partition coefficient (Wildman–Crippen LogP) is 5.92. The van der Waals surface area contributed by atoms with Gasteiger partial charge in [-0.15, -0.1) is 0 Å². The normalized spacial score (nSPS) is 18.3. The lowest BCUT2D eigenvalue weighted by Crippen LogP contribution is -2.29. The van der Waals surface area contributed by atoms with Gasteiger partial charge in [-0.25, -0.2) is 4.79 Å². The third-order valence-electron chi connectivity index (χ3n) is 6.60. The summed E-state index contributed by atoms with van der Waals surface area (Å²) in [4.78, 5) is 13.8. The maximum atomic E-state index is 12.1. The van der Waals surface area contributed by atoms with Crippen LogP contribution < -0.4 is 9.47 Å². The van der Waals surface area contributed by atoms with Crippen molar-refractivity contribution in [1.82, 2.24) is 4.90 Å². The van der Waals surface area contributed by atoms with Crippen LogP contribution in [0, 0.1) is 11.3 Å². The monoisotopic (exact) mass is 439 g/mol. The highest BCUT2D eigenvalue weighted by Crippen LogP contribution is 2.44. The molecule has 174 valence electrons.